The average molecular weight is 238 g/mol. The first-order valence-electron chi connectivity index (χ1n) is 6.21. The van der Waals surface area contributed by atoms with E-state index in [9.17, 15) is 0 Å². The third-order valence-electron chi connectivity index (χ3n) is 3.62. The standard InChI is InChI=1S/C12H18N2O3/c1-4-14-17-11(1)8-13-10-2-5-16-12(7-10)3-6-15-9-12/h1,4,10,13H,2-3,5-9H2. The zero-order valence-corrected chi connectivity index (χ0v) is 9.85. The van der Waals surface area contributed by atoms with E-state index in [0.717, 1.165) is 51.4 Å². The summed E-state index contributed by atoms with van der Waals surface area (Å²) in [4.78, 5) is 0. The summed E-state index contributed by atoms with van der Waals surface area (Å²) in [5, 5.41) is 7.20. The molecule has 0 amide bonds. The molecule has 0 aromatic carbocycles. The Morgan fingerprint density at radius 1 is 1.47 bits per heavy atom. The summed E-state index contributed by atoms with van der Waals surface area (Å²) in [6.45, 7) is 3.13. The van der Waals surface area contributed by atoms with Crippen LogP contribution in [0.5, 0.6) is 0 Å². The van der Waals surface area contributed by atoms with E-state index < -0.39 is 0 Å². The van der Waals surface area contributed by atoms with Crippen LogP contribution in [0.15, 0.2) is 16.8 Å². The van der Waals surface area contributed by atoms with E-state index in [2.05, 4.69) is 10.5 Å². The summed E-state index contributed by atoms with van der Waals surface area (Å²) in [6.07, 6.45) is 4.78. The summed E-state index contributed by atoms with van der Waals surface area (Å²) >= 11 is 0. The number of rotatable bonds is 3. The Kier molecular flexibility index (Phi) is 3.13. The van der Waals surface area contributed by atoms with E-state index in [-0.39, 0.29) is 5.60 Å². The van der Waals surface area contributed by atoms with Gasteiger partial charge in [0.05, 0.1) is 24.9 Å². The Morgan fingerprint density at radius 3 is 3.24 bits per heavy atom. The molecular weight excluding hydrogens is 220 g/mol. The zero-order chi connectivity index (χ0) is 11.6. The molecule has 1 spiro atoms. The molecule has 2 atom stereocenters. The highest BCUT2D eigenvalue weighted by Gasteiger charge is 2.40. The van der Waals surface area contributed by atoms with Crippen LogP contribution in [0.3, 0.4) is 0 Å². The molecule has 5 nitrogen and oxygen atoms in total. The van der Waals surface area contributed by atoms with Crippen molar-refractivity contribution in [2.75, 3.05) is 19.8 Å². The van der Waals surface area contributed by atoms with Crippen molar-refractivity contribution < 1.29 is 14.0 Å². The third kappa shape index (κ3) is 2.51. The highest BCUT2D eigenvalue weighted by atomic mass is 16.6. The van der Waals surface area contributed by atoms with E-state index in [1.54, 1.807) is 6.20 Å². The summed E-state index contributed by atoms with van der Waals surface area (Å²) in [6, 6.07) is 2.37. The molecule has 5 heteroatoms. The van der Waals surface area contributed by atoms with Gasteiger partial charge in [0.1, 0.15) is 5.76 Å². The van der Waals surface area contributed by atoms with E-state index >= 15 is 0 Å². The van der Waals surface area contributed by atoms with Gasteiger partial charge in [-0.15, -0.1) is 0 Å². The maximum absolute atomic E-state index is 5.89. The van der Waals surface area contributed by atoms with Gasteiger partial charge in [0, 0.05) is 31.7 Å². The number of hydrogen-bond acceptors (Lipinski definition) is 5. The van der Waals surface area contributed by atoms with Crippen molar-refractivity contribution in [3.8, 4) is 0 Å². The average Bonchev–Trinajstić information content (AvgIpc) is 2.99. The molecule has 2 saturated heterocycles. The van der Waals surface area contributed by atoms with Crippen molar-refractivity contribution in [1.29, 1.82) is 0 Å². The smallest absolute Gasteiger partial charge is 0.150 e. The minimum absolute atomic E-state index is 0.0304. The van der Waals surface area contributed by atoms with Crippen LogP contribution in [-0.4, -0.2) is 36.6 Å². The van der Waals surface area contributed by atoms with Crippen molar-refractivity contribution in [2.45, 2.75) is 37.5 Å². The van der Waals surface area contributed by atoms with Crippen LogP contribution in [0.25, 0.3) is 0 Å². The fraction of sp³-hybridized carbons (Fsp3) is 0.750. The first-order valence-corrected chi connectivity index (χ1v) is 6.21. The fourth-order valence-electron chi connectivity index (χ4n) is 2.64. The van der Waals surface area contributed by atoms with E-state index in [4.69, 9.17) is 14.0 Å². The van der Waals surface area contributed by atoms with Crippen molar-refractivity contribution in [3.05, 3.63) is 18.0 Å². The van der Waals surface area contributed by atoms with Crippen molar-refractivity contribution in [1.82, 2.24) is 10.5 Å². The lowest BCUT2D eigenvalue weighted by atomic mass is 9.90. The molecule has 0 bridgehead atoms. The van der Waals surface area contributed by atoms with E-state index in [0.29, 0.717) is 6.04 Å². The molecule has 3 heterocycles. The normalized spacial score (nSPS) is 33.3. The van der Waals surface area contributed by atoms with Gasteiger partial charge >= 0.3 is 0 Å². The Bertz CT molecular complexity index is 347. The van der Waals surface area contributed by atoms with Gasteiger partial charge in [0.25, 0.3) is 0 Å². The molecule has 1 aromatic rings. The Labute approximate surface area is 100 Å². The van der Waals surface area contributed by atoms with Gasteiger partial charge in [-0.1, -0.05) is 5.16 Å². The van der Waals surface area contributed by atoms with Crippen LogP contribution in [0, 0.1) is 0 Å². The van der Waals surface area contributed by atoms with Gasteiger partial charge in [-0.3, -0.25) is 0 Å². The topological polar surface area (TPSA) is 56.5 Å². The van der Waals surface area contributed by atoms with Gasteiger partial charge in [-0.05, 0) is 12.8 Å². The predicted molar refractivity (Wildman–Crippen MR) is 60.5 cm³/mol. The van der Waals surface area contributed by atoms with Crippen molar-refractivity contribution in [2.24, 2.45) is 0 Å². The maximum atomic E-state index is 5.89. The van der Waals surface area contributed by atoms with Crippen molar-refractivity contribution >= 4 is 0 Å². The second-order valence-corrected chi connectivity index (χ2v) is 4.88. The zero-order valence-electron chi connectivity index (χ0n) is 9.85. The molecule has 3 rings (SSSR count). The summed E-state index contributed by atoms with van der Waals surface area (Å²) in [5.74, 6) is 0.883. The molecule has 2 aliphatic heterocycles. The van der Waals surface area contributed by atoms with E-state index in [1.807, 2.05) is 6.07 Å². The highest BCUT2D eigenvalue weighted by Crippen LogP contribution is 2.32. The Hall–Kier alpha value is -0.910. The van der Waals surface area contributed by atoms with Crippen LogP contribution in [0.1, 0.15) is 25.0 Å². The summed E-state index contributed by atoms with van der Waals surface area (Å²) in [7, 11) is 0. The minimum Gasteiger partial charge on any atom is -0.378 e. The van der Waals surface area contributed by atoms with E-state index in [1.165, 1.54) is 0 Å². The van der Waals surface area contributed by atoms with Crippen molar-refractivity contribution in [3.63, 3.8) is 0 Å². The third-order valence-corrected chi connectivity index (χ3v) is 3.62. The maximum Gasteiger partial charge on any atom is 0.150 e. The van der Waals surface area contributed by atoms with Gasteiger partial charge in [0.2, 0.25) is 0 Å². The minimum atomic E-state index is -0.0304. The molecule has 17 heavy (non-hydrogen) atoms. The molecule has 0 saturated carbocycles. The van der Waals surface area contributed by atoms with Crippen LogP contribution >= 0.6 is 0 Å². The lowest BCUT2D eigenvalue weighted by Gasteiger charge is -2.37. The quantitative estimate of drug-likeness (QED) is 0.854. The Morgan fingerprint density at radius 2 is 2.47 bits per heavy atom. The van der Waals surface area contributed by atoms with Gasteiger partial charge < -0.3 is 19.3 Å². The Balaban J connectivity index is 1.53. The molecule has 2 aliphatic rings. The second kappa shape index (κ2) is 4.76. The van der Waals surface area contributed by atoms with Gasteiger partial charge in [0.15, 0.2) is 0 Å². The molecule has 1 aromatic heterocycles. The number of nitrogens with one attached hydrogen (secondary N) is 1. The second-order valence-electron chi connectivity index (χ2n) is 4.88. The molecule has 0 aliphatic carbocycles. The number of nitrogens with zero attached hydrogens (tertiary/aromatic N) is 1. The fourth-order valence-corrected chi connectivity index (χ4v) is 2.64. The van der Waals surface area contributed by atoms with Crippen LogP contribution in [-0.2, 0) is 16.0 Å². The number of aromatic nitrogens is 1. The lowest BCUT2D eigenvalue weighted by molar-refractivity contribution is -0.0896. The highest BCUT2D eigenvalue weighted by molar-refractivity contribution is 4.96. The summed E-state index contributed by atoms with van der Waals surface area (Å²) in [5.41, 5.74) is -0.0304. The van der Waals surface area contributed by atoms with Crippen LogP contribution in [0.4, 0.5) is 0 Å². The van der Waals surface area contributed by atoms with Gasteiger partial charge in [-0.25, -0.2) is 0 Å². The predicted octanol–water partition coefficient (Wildman–Crippen LogP) is 1.10. The van der Waals surface area contributed by atoms with Crippen LogP contribution < -0.4 is 5.32 Å². The summed E-state index contributed by atoms with van der Waals surface area (Å²) < 4.78 is 16.4. The molecule has 94 valence electrons. The number of hydrogen-bond donors (Lipinski definition) is 1. The molecule has 0 radical (unpaired) electrons. The monoisotopic (exact) mass is 238 g/mol. The molecular formula is C12H18N2O3. The molecule has 2 fully saturated rings. The first kappa shape index (κ1) is 11.2. The lowest BCUT2D eigenvalue weighted by Crippen LogP contribution is -2.47. The largest absolute Gasteiger partial charge is 0.378 e. The first-order chi connectivity index (χ1) is 8.36. The number of ether oxygens (including phenoxy) is 2. The molecule has 2 unspecified atom stereocenters. The molecule has 1 N–H and O–H groups in total. The van der Waals surface area contributed by atoms with Crippen LogP contribution in [0.2, 0.25) is 0 Å². The SMILES string of the molecule is c1cc(CNC2CCOC3(CCOC3)C2)on1. The van der Waals surface area contributed by atoms with Gasteiger partial charge in [-0.2, -0.15) is 0 Å².